The van der Waals surface area contributed by atoms with Gasteiger partial charge in [0, 0.05) is 24.0 Å². The van der Waals surface area contributed by atoms with Crippen LogP contribution in [0.5, 0.6) is 6.01 Å². The van der Waals surface area contributed by atoms with E-state index in [-0.39, 0.29) is 0 Å². The molecule has 1 aromatic heterocycles. The van der Waals surface area contributed by atoms with E-state index in [2.05, 4.69) is 9.97 Å². The lowest BCUT2D eigenvalue weighted by Crippen LogP contribution is -2.16. The van der Waals surface area contributed by atoms with E-state index in [1.165, 1.54) is 32.1 Å². The third-order valence-corrected chi connectivity index (χ3v) is 3.45. The highest BCUT2D eigenvalue weighted by Gasteiger charge is 2.14. The van der Waals surface area contributed by atoms with Gasteiger partial charge in [0.05, 0.1) is 6.61 Å². The number of hydrogen-bond donors (Lipinski definition) is 1. The molecule has 1 saturated carbocycles. The van der Waals surface area contributed by atoms with Crippen molar-refractivity contribution in [3.8, 4) is 6.01 Å². The topological polar surface area (TPSA) is 61.0 Å². The number of nitrogens with two attached hydrogens (primary N) is 1. The summed E-state index contributed by atoms with van der Waals surface area (Å²) in [5.41, 5.74) is 7.47. The van der Waals surface area contributed by atoms with E-state index >= 15 is 0 Å². The van der Waals surface area contributed by atoms with Crippen LogP contribution in [0.1, 0.15) is 43.4 Å². The predicted octanol–water partition coefficient (Wildman–Crippen LogP) is 2.20. The van der Waals surface area contributed by atoms with Gasteiger partial charge in [-0.05, 0) is 25.7 Å². The van der Waals surface area contributed by atoms with Crippen LogP contribution in [0.4, 0.5) is 0 Å². The van der Waals surface area contributed by atoms with Crippen LogP contribution in [0.15, 0.2) is 6.20 Å². The van der Waals surface area contributed by atoms with Gasteiger partial charge in [0.25, 0.3) is 0 Å². The standard InChI is InChI=1S/C13H21N3O/c1-10-12(7-14)8-15-13(16-10)17-9-11-5-3-2-4-6-11/h8,11H,2-7,9,14H2,1H3. The molecule has 0 unspecified atom stereocenters. The molecule has 0 aromatic carbocycles. The molecular weight excluding hydrogens is 214 g/mol. The molecule has 1 aliphatic rings. The smallest absolute Gasteiger partial charge is 0.316 e. The lowest BCUT2D eigenvalue weighted by atomic mass is 9.90. The average molecular weight is 235 g/mol. The summed E-state index contributed by atoms with van der Waals surface area (Å²) in [6.45, 7) is 3.17. The van der Waals surface area contributed by atoms with Gasteiger partial charge in [0.1, 0.15) is 0 Å². The molecule has 1 aliphatic carbocycles. The first kappa shape index (κ1) is 12.3. The summed E-state index contributed by atoms with van der Waals surface area (Å²) < 4.78 is 5.66. The van der Waals surface area contributed by atoms with E-state index in [4.69, 9.17) is 10.5 Å². The van der Waals surface area contributed by atoms with Crippen molar-refractivity contribution in [3.05, 3.63) is 17.5 Å². The second kappa shape index (κ2) is 5.96. The van der Waals surface area contributed by atoms with Gasteiger partial charge in [-0.15, -0.1) is 0 Å². The Hall–Kier alpha value is -1.16. The van der Waals surface area contributed by atoms with Crippen LogP contribution < -0.4 is 10.5 Å². The van der Waals surface area contributed by atoms with Crippen molar-refractivity contribution >= 4 is 0 Å². The number of aromatic nitrogens is 2. The van der Waals surface area contributed by atoms with Crippen LogP contribution in [-0.2, 0) is 6.54 Å². The maximum absolute atomic E-state index is 5.66. The predicted molar refractivity (Wildman–Crippen MR) is 66.7 cm³/mol. The Morgan fingerprint density at radius 1 is 1.35 bits per heavy atom. The van der Waals surface area contributed by atoms with Gasteiger partial charge in [0.15, 0.2) is 0 Å². The van der Waals surface area contributed by atoms with E-state index in [0.29, 0.717) is 18.5 Å². The summed E-state index contributed by atoms with van der Waals surface area (Å²) in [4.78, 5) is 8.50. The molecule has 0 atom stereocenters. The number of ether oxygens (including phenoxy) is 1. The van der Waals surface area contributed by atoms with Crippen molar-refractivity contribution < 1.29 is 4.74 Å². The highest BCUT2D eigenvalue weighted by molar-refractivity contribution is 5.17. The van der Waals surface area contributed by atoms with Gasteiger partial charge < -0.3 is 10.5 Å². The van der Waals surface area contributed by atoms with Crippen molar-refractivity contribution in [1.29, 1.82) is 0 Å². The van der Waals surface area contributed by atoms with Crippen LogP contribution in [0.3, 0.4) is 0 Å². The Morgan fingerprint density at radius 3 is 2.76 bits per heavy atom. The second-order valence-electron chi connectivity index (χ2n) is 4.78. The Balaban J connectivity index is 1.87. The summed E-state index contributed by atoms with van der Waals surface area (Å²) in [5, 5.41) is 0. The molecule has 0 bridgehead atoms. The van der Waals surface area contributed by atoms with Crippen molar-refractivity contribution in [3.63, 3.8) is 0 Å². The molecule has 2 rings (SSSR count). The van der Waals surface area contributed by atoms with Gasteiger partial charge in [-0.1, -0.05) is 19.3 Å². The monoisotopic (exact) mass is 235 g/mol. The molecular formula is C13H21N3O. The molecule has 17 heavy (non-hydrogen) atoms. The molecule has 1 fully saturated rings. The van der Waals surface area contributed by atoms with Crippen LogP contribution >= 0.6 is 0 Å². The first-order valence-electron chi connectivity index (χ1n) is 6.45. The van der Waals surface area contributed by atoms with Crippen LogP contribution in [0, 0.1) is 12.8 Å². The number of aryl methyl sites for hydroxylation is 1. The third-order valence-electron chi connectivity index (χ3n) is 3.45. The molecule has 0 amide bonds. The second-order valence-corrected chi connectivity index (χ2v) is 4.78. The van der Waals surface area contributed by atoms with Gasteiger partial charge in [-0.25, -0.2) is 9.97 Å². The Morgan fingerprint density at radius 2 is 2.12 bits per heavy atom. The summed E-state index contributed by atoms with van der Waals surface area (Å²) in [6.07, 6.45) is 8.36. The van der Waals surface area contributed by atoms with Crippen molar-refractivity contribution in [1.82, 2.24) is 9.97 Å². The van der Waals surface area contributed by atoms with Gasteiger partial charge >= 0.3 is 6.01 Å². The third kappa shape index (κ3) is 3.40. The highest BCUT2D eigenvalue weighted by Crippen LogP contribution is 2.24. The molecule has 1 aromatic rings. The summed E-state index contributed by atoms with van der Waals surface area (Å²) in [5.74, 6) is 0.682. The van der Waals surface area contributed by atoms with Crippen LogP contribution in [0.25, 0.3) is 0 Å². The van der Waals surface area contributed by atoms with Gasteiger partial charge in [-0.3, -0.25) is 0 Å². The molecule has 94 valence electrons. The SMILES string of the molecule is Cc1nc(OCC2CCCCC2)ncc1CN. The van der Waals surface area contributed by atoms with E-state index in [9.17, 15) is 0 Å². The first-order chi connectivity index (χ1) is 8.29. The quantitative estimate of drug-likeness (QED) is 0.869. The van der Waals surface area contributed by atoms with Crippen molar-refractivity contribution in [2.45, 2.75) is 45.6 Å². The minimum atomic E-state index is 0.481. The number of nitrogens with zero attached hydrogens (tertiary/aromatic N) is 2. The first-order valence-corrected chi connectivity index (χ1v) is 6.45. The highest BCUT2D eigenvalue weighted by atomic mass is 16.5. The molecule has 4 heteroatoms. The Bertz CT molecular complexity index is 362. The minimum absolute atomic E-state index is 0.481. The number of rotatable bonds is 4. The minimum Gasteiger partial charge on any atom is -0.463 e. The zero-order chi connectivity index (χ0) is 12.1. The Kier molecular flexibility index (Phi) is 4.31. The van der Waals surface area contributed by atoms with Crippen LogP contribution in [0.2, 0.25) is 0 Å². The molecule has 0 radical (unpaired) electrons. The summed E-state index contributed by atoms with van der Waals surface area (Å²) >= 11 is 0. The molecule has 0 aliphatic heterocycles. The molecule has 2 N–H and O–H groups in total. The fourth-order valence-electron chi connectivity index (χ4n) is 2.29. The summed E-state index contributed by atoms with van der Waals surface area (Å²) in [7, 11) is 0. The molecule has 1 heterocycles. The number of hydrogen-bond acceptors (Lipinski definition) is 4. The van der Waals surface area contributed by atoms with Crippen molar-refractivity contribution in [2.75, 3.05) is 6.61 Å². The van der Waals surface area contributed by atoms with E-state index in [1.807, 2.05) is 6.92 Å². The molecule has 0 saturated heterocycles. The fourth-order valence-corrected chi connectivity index (χ4v) is 2.29. The average Bonchev–Trinajstić information content (AvgIpc) is 2.38. The lowest BCUT2D eigenvalue weighted by Gasteiger charge is -2.21. The van der Waals surface area contributed by atoms with Gasteiger partial charge in [-0.2, -0.15) is 0 Å². The lowest BCUT2D eigenvalue weighted by molar-refractivity contribution is 0.196. The van der Waals surface area contributed by atoms with Crippen LogP contribution in [-0.4, -0.2) is 16.6 Å². The zero-order valence-electron chi connectivity index (χ0n) is 10.5. The Labute approximate surface area is 103 Å². The van der Waals surface area contributed by atoms with Gasteiger partial charge in [0.2, 0.25) is 0 Å². The fraction of sp³-hybridized carbons (Fsp3) is 0.692. The zero-order valence-corrected chi connectivity index (χ0v) is 10.5. The van der Waals surface area contributed by atoms with E-state index < -0.39 is 0 Å². The van der Waals surface area contributed by atoms with E-state index in [1.54, 1.807) is 6.20 Å². The maximum atomic E-state index is 5.66. The molecule has 4 nitrogen and oxygen atoms in total. The molecule has 0 spiro atoms. The summed E-state index contributed by atoms with van der Waals surface area (Å²) in [6, 6.07) is 0.491. The van der Waals surface area contributed by atoms with Crippen molar-refractivity contribution in [2.24, 2.45) is 11.7 Å². The largest absolute Gasteiger partial charge is 0.463 e. The van der Waals surface area contributed by atoms with E-state index in [0.717, 1.165) is 17.9 Å². The normalized spacial score (nSPS) is 17.1. The maximum Gasteiger partial charge on any atom is 0.316 e.